The van der Waals surface area contributed by atoms with E-state index in [1.807, 2.05) is 18.2 Å². The summed E-state index contributed by atoms with van der Waals surface area (Å²) in [4.78, 5) is 18.0. The minimum Gasteiger partial charge on any atom is -0.333 e. The van der Waals surface area contributed by atoms with Gasteiger partial charge in [-0.15, -0.1) is 0 Å². The second kappa shape index (κ2) is 16.1. The Morgan fingerprint density at radius 2 is 0.972 bits per heavy atom. The van der Waals surface area contributed by atoms with Crippen molar-refractivity contribution in [1.29, 1.82) is 0 Å². The van der Waals surface area contributed by atoms with Crippen molar-refractivity contribution in [2.75, 3.05) is 4.90 Å². The number of hydrogen-bond donors (Lipinski definition) is 0. The van der Waals surface area contributed by atoms with Gasteiger partial charge in [0.1, 0.15) is 0 Å². The maximum Gasteiger partial charge on any atom is 0.164 e. The van der Waals surface area contributed by atoms with Gasteiger partial charge in [-0.1, -0.05) is 196 Å². The lowest BCUT2D eigenvalue weighted by Crippen LogP contribution is -2.28. The van der Waals surface area contributed by atoms with Gasteiger partial charge in [-0.2, -0.15) is 0 Å². The molecule has 0 fully saturated rings. The molecular formula is C66H47N5. The number of aromatic nitrogens is 4. The van der Waals surface area contributed by atoms with E-state index in [2.05, 4.69) is 242 Å². The number of nitrogens with zero attached hydrogens (tertiary/aromatic N) is 5. The van der Waals surface area contributed by atoms with E-state index < -0.39 is 0 Å². The van der Waals surface area contributed by atoms with Crippen molar-refractivity contribution < 1.29 is 0 Å². The molecule has 2 aromatic heterocycles. The quantitative estimate of drug-likeness (QED) is 0.160. The van der Waals surface area contributed by atoms with Gasteiger partial charge in [0.2, 0.25) is 0 Å². The zero-order chi connectivity index (χ0) is 47.2. The fourth-order valence-electron chi connectivity index (χ4n) is 11.7. The first-order valence-electron chi connectivity index (χ1n) is 24.6. The van der Waals surface area contributed by atoms with Crippen LogP contribution in [0.15, 0.2) is 237 Å². The highest BCUT2D eigenvalue weighted by atomic mass is 15.2. The Labute approximate surface area is 413 Å². The van der Waals surface area contributed by atoms with Gasteiger partial charge < -0.3 is 9.47 Å². The van der Waals surface area contributed by atoms with Crippen molar-refractivity contribution in [3.05, 3.63) is 253 Å². The number of fused-ring (bicyclic) bond motifs is 9. The zero-order valence-corrected chi connectivity index (χ0v) is 39.4. The Morgan fingerprint density at radius 1 is 0.394 bits per heavy atom. The van der Waals surface area contributed by atoms with Crippen LogP contribution in [0, 0.1) is 0 Å². The molecule has 71 heavy (non-hydrogen) atoms. The third kappa shape index (κ3) is 6.65. The number of allylic oxidation sites excluding steroid dienone is 2. The van der Waals surface area contributed by atoms with E-state index in [1.165, 1.54) is 66.6 Å². The van der Waals surface area contributed by atoms with E-state index in [0.717, 1.165) is 39.0 Å². The van der Waals surface area contributed by atoms with Crippen LogP contribution in [0.25, 0.3) is 95.0 Å². The molecule has 5 nitrogen and oxygen atoms in total. The lowest BCUT2D eigenvalue weighted by molar-refractivity contribution is 0.660. The van der Waals surface area contributed by atoms with Gasteiger partial charge in [0.25, 0.3) is 0 Å². The van der Waals surface area contributed by atoms with Gasteiger partial charge in [-0.05, 0) is 105 Å². The average molecular weight is 910 g/mol. The number of benzene rings is 9. The molecule has 3 aliphatic rings. The Bertz CT molecular complexity index is 3990. The maximum atomic E-state index is 5.24. The monoisotopic (exact) mass is 909 g/mol. The molecule has 5 heteroatoms. The lowest BCUT2D eigenvalue weighted by atomic mass is 9.82. The number of rotatable bonds is 7. The normalized spacial score (nSPS) is 16.0. The Kier molecular flexibility index (Phi) is 9.30. The van der Waals surface area contributed by atoms with Crippen molar-refractivity contribution >= 4 is 33.2 Å². The lowest BCUT2D eigenvalue weighted by Gasteiger charge is -2.28. The largest absolute Gasteiger partial charge is 0.333 e. The highest BCUT2D eigenvalue weighted by molar-refractivity contribution is 6.10. The van der Waals surface area contributed by atoms with Gasteiger partial charge in [0.15, 0.2) is 17.5 Å². The van der Waals surface area contributed by atoms with Gasteiger partial charge in [-0.25, -0.2) is 15.0 Å². The maximum absolute atomic E-state index is 5.24. The van der Waals surface area contributed by atoms with Crippen LogP contribution in [-0.2, 0) is 5.41 Å². The first-order chi connectivity index (χ1) is 34.9. The van der Waals surface area contributed by atoms with E-state index in [-0.39, 0.29) is 11.5 Å². The molecule has 0 saturated heterocycles. The van der Waals surface area contributed by atoms with Crippen LogP contribution in [0.3, 0.4) is 0 Å². The van der Waals surface area contributed by atoms with Crippen LogP contribution < -0.4 is 4.90 Å². The fraction of sp³-hybridized carbons (Fsp3) is 0.0758. The van der Waals surface area contributed by atoms with Gasteiger partial charge >= 0.3 is 0 Å². The molecule has 3 heterocycles. The van der Waals surface area contributed by atoms with E-state index in [0.29, 0.717) is 23.4 Å². The second-order valence-electron chi connectivity index (χ2n) is 19.6. The third-order valence-corrected chi connectivity index (χ3v) is 15.2. The molecular weight excluding hydrogens is 863 g/mol. The van der Waals surface area contributed by atoms with Crippen LogP contribution in [-0.4, -0.2) is 25.6 Å². The molecule has 0 amide bonds. The molecule has 0 N–H and O–H groups in total. The molecule has 0 bridgehead atoms. The number of anilines is 2. The van der Waals surface area contributed by atoms with Crippen LogP contribution in [0.2, 0.25) is 0 Å². The highest BCUT2D eigenvalue weighted by Crippen LogP contribution is 2.51. The molecule has 1 aliphatic heterocycles. The van der Waals surface area contributed by atoms with Crippen molar-refractivity contribution in [1.82, 2.24) is 19.5 Å². The highest BCUT2D eigenvalue weighted by Gasteiger charge is 2.38. The van der Waals surface area contributed by atoms with Crippen molar-refractivity contribution in [3.63, 3.8) is 0 Å². The molecule has 2 atom stereocenters. The predicted octanol–water partition coefficient (Wildman–Crippen LogP) is 16.3. The SMILES string of the molecule is CC1(C)c2ccccc2-c2ccc(-c3nc(-c4ccccc4)nc(-c4cccc(-c5ccc6c7ccccc7n(-c7cccc(-c8ccc9c(c8)N(c8ccccc8)C8C=CC=CC98)c7)c6c5)c4)n3)cc21. The minimum absolute atomic E-state index is 0.146. The summed E-state index contributed by atoms with van der Waals surface area (Å²) in [5.41, 5.74) is 19.7. The average Bonchev–Trinajstić information content (AvgIpc) is 4.03. The van der Waals surface area contributed by atoms with Crippen LogP contribution in [0.1, 0.15) is 36.5 Å². The Morgan fingerprint density at radius 3 is 1.82 bits per heavy atom. The van der Waals surface area contributed by atoms with E-state index in [1.54, 1.807) is 0 Å². The second-order valence-corrected chi connectivity index (χ2v) is 19.6. The summed E-state index contributed by atoms with van der Waals surface area (Å²) < 4.78 is 2.43. The standard InChI is InChI=1S/C66H47N5/c1-66(2)57-28-12-9-25-51(57)52-34-33-48(39-58(52)66)65-68-63(42-17-5-3-6-18-42)67-64(69-65)47-21-15-19-43(37-47)45-31-35-56-54-27-11-14-30-60(54)71(62(56)40-45)50-24-16-20-44(38-50)46-32-36-55-53-26-10-13-29-59(53)70(61(55)41-46)49-22-7-4-8-23-49/h3-41,53,59H,1-2H3. The van der Waals surface area contributed by atoms with Crippen molar-refractivity contribution in [2.24, 2.45) is 0 Å². The summed E-state index contributed by atoms with van der Waals surface area (Å²) in [7, 11) is 0. The summed E-state index contributed by atoms with van der Waals surface area (Å²) >= 11 is 0. The van der Waals surface area contributed by atoms with E-state index in [4.69, 9.17) is 15.0 Å². The molecule has 336 valence electrons. The fourth-order valence-corrected chi connectivity index (χ4v) is 11.7. The Hall–Kier alpha value is -8.93. The van der Waals surface area contributed by atoms with Crippen molar-refractivity contribution in [2.45, 2.75) is 31.2 Å². The summed E-state index contributed by atoms with van der Waals surface area (Å²) in [6.45, 7) is 4.62. The summed E-state index contributed by atoms with van der Waals surface area (Å²) in [6.07, 6.45) is 9.06. The summed E-state index contributed by atoms with van der Waals surface area (Å²) in [6, 6.07) is 77.0. The Balaban J connectivity index is 0.859. The molecule has 11 aromatic rings. The molecule has 2 aliphatic carbocycles. The molecule has 0 radical (unpaired) electrons. The molecule has 0 saturated carbocycles. The van der Waals surface area contributed by atoms with Crippen LogP contribution in [0.5, 0.6) is 0 Å². The minimum atomic E-state index is -0.146. The third-order valence-electron chi connectivity index (χ3n) is 15.2. The number of para-hydroxylation sites is 2. The summed E-state index contributed by atoms with van der Waals surface area (Å²) in [5, 5.41) is 2.43. The number of hydrogen-bond acceptors (Lipinski definition) is 4. The van der Waals surface area contributed by atoms with Gasteiger partial charge in [-0.3, -0.25) is 0 Å². The van der Waals surface area contributed by atoms with E-state index in [9.17, 15) is 0 Å². The molecule has 2 unspecified atom stereocenters. The topological polar surface area (TPSA) is 46.8 Å². The van der Waals surface area contributed by atoms with E-state index >= 15 is 0 Å². The summed E-state index contributed by atoms with van der Waals surface area (Å²) in [5.74, 6) is 2.25. The van der Waals surface area contributed by atoms with Gasteiger partial charge in [0.05, 0.1) is 17.1 Å². The molecule has 9 aromatic carbocycles. The smallest absolute Gasteiger partial charge is 0.164 e. The predicted molar refractivity (Wildman–Crippen MR) is 292 cm³/mol. The van der Waals surface area contributed by atoms with Crippen molar-refractivity contribution in [3.8, 4) is 73.2 Å². The zero-order valence-electron chi connectivity index (χ0n) is 39.4. The molecule has 14 rings (SSSR count). The first-order valence-corrected chi connectivity index (χ1v) is 24.6. The first kappa shape index (κ1) is 41.1. The van der Waals surface area contributed by atoms with Crippen LogP contribution in [0.4, 0.5) is 11.4 Å². The molecule has 0 spiro atoms. The van der Waals surface area contributed by atoms with Gasteiger partial charge in [0, 0.05) is 55.9 Å². The van der Waals surface area contributed by atoms with Crippen LogP contribution >= 0.6 is 0 Å².